The maximum Gasteiger partial charge on any atom is 0.331 e. The average molecular weight is 430 g/mol. The van der Waals surface area contributed by atoms with Crippen LogP contribution in [0.15, 0.2) is 53.9 Å². The van der Waals surface area contributed by atoms with Crippen LogP contribution < -0.4 is 5.32 Å². The third-order valence-electron chi connectivity index (χ3n) is 4.06. The molecule has 0 bridgehead atoms. The molecule has 0 unspecified atom stereocenters. The Bertz CT molecular complexity index is 998. The topological polar surface area (TPSA) is 73.2 Å². The van der Waals surface area contributed by atoms with Crippen molar-refractivity contribution in [2.45, 2.75) is 20.0 Å². The van der Waals surface area contributed by atoms with E-state index in [2.05, 4.69) is 10.4 Å². The molecule has 0 saturated heterocycles. The lowest BCUT2D eigenvalue weighted by molar-refractivity contribution is -0.143. The predicted octanol–water partition coefficient (Wildman–Crippen LogP) is 3.83. The average Bonchev–Trinajstić information content (AvgIpc) is 3.33. The second-order valence-electron chi connectivity index (χ2n) is 6.23. The van der Waals surface area contributed by atoms with Crippen LogP contribution >= 0.6 is 22.9 Å². The summed E-state index contributed by atoms with van der Waals surface area (Å²) in [4.78, 5) is 24.7. The van der Waals surface area contributed by atoms with Gasteiger partial charge in [0.1, 0.15) is 5.15 Å². The summed E-state index contributed by atoms with van der Waals surface area (Å²) in [5.41, 5.74) is 2.41. The number of aromatic nitrogens is 2. The Balaban J connectivity index is 1.52. The van der Waals surface area contributed by atoms with Gasteiger partial charge in [0.05, 0.1) is 18.8 Å². The van der Waals surface area contributed by atoms with Gasteiger partial charge in [0, 0.05) is 16.5 Å². The molecule has 3 aromatic rings. The van der Waals surface area contributed by atoms with Crippen LogP contribution in [0, 0.1) is 6.92 Å². The number of hydrogen-bond donors (Lipinski definition) is 1. The van der Waals surface area contributed by atoms with Crippen molar-refractivity contribution in [3.8, 4) is 0 Å². The van der Waals surface area contributed by atoms with Crippen molar-refractivity contribution in [2.75, 3.05) is 6.61 Å². The van der Waals surface area contributed by atoms with Gasteiger partial charge in [-0.15, -0.1) is 11.3 Å². The van der Waals surface area contributed by atoms with Gasteiger partial charge in [0.15, 0.2) is 6.61 Å². The summed E-state index contributed by atoms with van der Waals surface area (Å²) in [5.74, 6) is -0.979. The predicted molar refractivity (Wildman–Crippen MR) is 114 cm³/mol. The Morgan fingerprint density at radius 1 is 1.24 bits per heavy atom. The molecule has 0 atom stereocenters. The highest BCUT2D eigenvalue weighted by Gasteiger charge is 2.12. The van der Waals surface area contributed by atoms with E-state index in [-0.39, 0.29) is 12.5 Å². The van der Waals surface area contributed by atoms with Crippen LogP contribution in [-0.4, -0.2) is 28.3 Å². The van der Waals surface area contributed by atoms with E-state index in [0.717, 1.165) is 10.4 Å². The zero-order valence-electron chi connectivity index (χ0n) is 15.8. The number of thiophene rings is 1. The maximum atomic E-state index is 11.9. The first-order valence-electron chi connectivity index (χ1n) is 8.93. The third-order valence-corrected chi connectivity index (χ3v) is 5.33. The molecule has 150 valence electrons. The second-order valence-corrected chi connectivity index (χ2v) is 7.62. The zero-order chi connectivity index (χ0) is 20.6. The number of nitrogens with one attached hydrogen (secondary N) is 1. The Morgan fingerprint density at radius 3 is 2.76 bits per heavy atom. The Kier molecular flexibility index (Phi) is 7.21. The fourth-order valence-electron chi connectivity index (χ4n) is 2.60. The fraction of sp³-hybridized carbons (Fsp3) is 0.190. The molecule has 1 aromatic carbocycles. The molecule has 0 aliphatic carbocycles. The number of esters is 1. The van der Waals surface area contributed by atoms with Gasteiger partial charge >= 0.3 is 5.97 Å². The van der Waals surface area contributed by atoms with Gasteiger partial charge in [0.25, 0.3) is 5.91 Å². The highest BCUT2D eigenvalue weighted by atomic mass is 35.5. The molecule has 0 aliphatic heterocycles. The van der Waals surface area contributed by atoms with Crippen molar-refractivity contribution in [1.29, 1.82) is 0 Å². The molecule has 8 heteroatoms. The molecule has 1 N–H and O–H groups in total. The first-order chi connectivity index (χ1) is 14.0. The van der Waals surface area contributed by atoms with Gasteiger partial charge in [-0.05, 0) is 30.0 Å². The summed E-state index contributed by atoms with van der Waals surface area (Å²) in [5, 5.41) is 9.49. The number of carbonyl (C=O) groups excluding carboxylic acids is 2. The SMILES string of the molecule is Cc1nn(Cc2ccccc2)c(Cl)c1/C=C/C(=O)OCC(=O)NCc1cccs1. The van der Waals surface area contributed by atoms with Gasteiger partial charge in [-0.25, -0.2) is 9.48 Å². The van der Waals surface area contributed by atoms with E-state index >= 15 is 0 Å². The molecule has 1 amide bonds. The van der Waals surface area contributed by atoms with Crippen molar-refractivity contribution in [1.82, 2.24) is 15.1 Å². The van der Waals surface area contributed by atoms with Crippen LogP contribution in [0.3, 0.4) is 0 Å². The Hall–Kier alpha value is -2.90. The monoisotopic (exact) mass is 429 g/mol. The Morgan fingerprint density at radius 2 is 2.03 bits per heavy atom. The van der Waals surface area contributed by atoms with E-state index in [1.54, 1.807) is 22.1 Å². The number of ether oxygens (including phenoxy) is 1. The number of halogens is 1. The number of nitrogens with zero attached hydrogens (tertiary/aromatic N) is 2. The van der Waals surface area contributed by atoms with Crippen LogP contribution in [0.2, 0.25) is 5.15 Å². The van der Waals surface area contributed by atoms with Crippen molar-refractivity contribution in [3.63, 3.8) is 0 Å². The Labute approximate surface area is 177 Å². The number of aryl methyl sites for hydroxylation is 1. The maximum absolute atomic E-state index is 11.9. The molecule has 2 heterocycles. The highest BCUT2D eigenvalue weighted by Crippen LogP contribution is 2.22. The zero-order valence-corrected chi connectivity index (χ0v) is 17.4. The fourth-order valence-corrected chi connectivity index (χ4v) is 3.55. The number of amides is 1. The van der Waals surface area contributed by atoms with Crippen LogP contribution in [0.25, 0.3) is 6.08 Å². The molecule has 2 aromatic heterocycles. The van der Waals surface area contributed by atoms with Crippen LogP contribution in [-0.2, 0) is 27.4 Å². The number of carbonyl (C=O) groups is 2. The summed E-state index contributed by atoms with van der Waals surface area (Å²) in [6.45, 7) is 2.42. The van der Waals surface area contributed by atoms with E-state index in [4.69, 9.17) is 16.3 Å². The standard InChI is InChI=1S/C21H20ClN3O3S/c1-15-18(21(22)25(24-15)13-16-6-3-2-4-7-16)9-10-20(27)28-14-19(26)23-12-17-8-5-11-29-17/h2-11H,12-14H2,1H3,(H,23,26)/b10-9+. The molecule has 29 heavy (non-hydrogen) atoms. The minimum atomic E-state index is -0.623. The van der Waals surface area contributed by atoms with Crippen molar-refractivity contribution in [2.24, 2.45) is 0 Å². The van der Waals surface area contributed by atoms with Crippen molar-refractivity contribution in [3.05, 3.63) is 80.8 Å². The van der Waals surface area contributed by atoms with Crippen LogP contribution in [0.1, 0.15) is 21.7 Å². The van der Waals surface area contributed by atoms with E-state index in [1.165, 1.54) is 6.08 Å². The second kappa shape index (κ2) is 10.0. The van der Waals surface area contributed by atoms with Gasteiger partial charge in [-0.3, -0.25) is 4.79 Å². The lowest BCUT2D eigenvalue weighted by Crippen LogP contribution is -2.27. The highest BCUT2D eigenvalue weighted by molar-refractivity contribution is 7.09. The molecule has 3 rings (SSSR count). The summed E-state index contributed by atoms with van der Waals surface area (Å²) in [7, 11) is 0. The quantitative estimate of drug-likeness (QED) is 0.436. The largest absolute Gasteiger partial charge is 0.452 e. The first kappa shape index (κ1) is 20.8. The summed E-state index contributed by atoms with van der Waals surface area (Å²) < 4.78 is 6.65. The van der Waals surface area contributed by atoms with Gasteiger partial charge in [0.2, 0.25) is 0 Å². The minimum Gasteiger partial charge on any atom is -0.452 e. The number of rotatable bonds is 8. The van der Waals surface area contributed by atoms with E-state index in [9.17, 15) is 9.59 Å². The molecule has 0 aliphatic rings. The van der Waals surface area contributed by atoms with Crippen molar-refractivity contribution >= 4 is 40.9 Å². The van der Waals surface area contributed by atoms with E-state index in [1.807, 2.05) is 54.8 Å². The molecule has 0 spiro atoms. The van der Waals surface area contributed by atoms with Crippen LogP contribution in [0.5, 0.6) is 0 Å². The number of benzene rings is 1. The molecule has 6 nitrogen and oxygen atoms in total. The minimum absolute atomic E-state index is 0.339. The smallest absolute Gasteiger partial charge is 0.331 e. The summed E-state index contributed by atoms with van der Waals surface area (Å²) in [6, 6.07) is 13.7. The third kappa shape index (κ3) is 6.04. The summed E-state index contributed by atoms with van der Waals surface area (Å²) in [6.07, 6.45) is 2.80. The molecule has 0 fully saturated rings. The number of hydrogen-bond acceptors (Lipinski definition) is 5. The lowest BCUT2D eigenvalue weighted by Gasteiger charge is -2.04. The van der Waals surface area contributed by atoms with E-state index in [0.29, 0.717) is 29.5 Å². The first-order valence-corrected chi connectivity index (χ1v) is 10.2. The lowest BCUT2D eigenvalue weighted by atomic mass is 10.2. The van der Waals surface area contributed by atoms with Crippen LogP contribution in [0.4, 0.5) is 0 Å². The van der Waals surface area contributed by atoms with Gasteiger partial charge in [-0.1, -0.05) is 48.0 Å². The van der Waals surface area contributed by atoms with Crippen molar-refractivity contribution < 1.29 is 14.3 Å². The van der Waals surface area contributed by atoms with Gasteiger partial charge < -0.3 is 10.1 Å². The molecular formula is C21H20ClN3O3S. The molecular weight excluding hydrogens is 410 g/mol. The summed E-state index contributed by atoms with van der Waals surface area (Å²) >= 11 is 7.96. The molecule has 0 saturated carbocycles. The van der Waals surface area contributed by atoms with E-state index < -0.39 is 5.97 Å². The molecule has 0 radical (unpaired) electrons. The normalized spacial score (nSPS) is 11.0. The van der Waals surface area contributed by atoms with Gasteiger partial charge in [-0.2, -0.15) is 5.10 Å².